The van der Waals surface area contributed by atoms with Crippen molar-refractivity contribution in [2.75, 3.05) is 24.6 Å². The lowest BCUT2D eigenvalue weighted by molar-refractivity contribution is -0.191. The van der Waals surface area contributed by atoms with E-state index in [2.05, 4.69) is 32.0 Å². The van der Waals surface area contributed by atoms with Crippen molar-refractivity contribution in [1.82, 2.24) is 19.9 Å². The number of nitrogens with one attached hydrogen (secondary N) is 1. The first kappa shape index (κ1) is 21.5. The monoisotopic (exact) mass is 435 g/mol. The molecule has 0 aliphatic carbocycles. The molecule has 0 saturated carbocycles. The number of benzene rings is 1. The van der Waals surface area contributed by atoms with Crippen molar-refractivity contribution in [3.05, 3.63) is 54.5 Å². The molecule has 2 aliphatic heterocycles. The third-order valence-corrected chi connectivity index (χ3v) is 6.11. The fourth-order valence-corrected chi connectivity index (χ4v) is 4.75. The smallest absolute Gasteiger partial charge is 0.410 e. The summed E-state index contributed by atoms with van der Waals surface area (Å²) in [5.74, 6) is 0.961. The van der Waals surface area contributed by atoms with Gasteiger partial charge in [-0.1, -0.05) is 30.3 Å². The standard InChI is InChI=1S/C22H25N5O2.CO2/c28-22(29-14-10-16-5-2-1-3-6-16)27-12-4-7-18-19(27)9-13-26(18)21-17-8-11-23-20(17)24-15-25-21;2-1-3/h1-3,5-6,8,11,15,18-19H,4,7,9-10,12-14H2,(H,23,24,25);/t18-,19?;/m1./s1. The SMILES string of the molecule is O=C(OCCc1ccccc1)N1CCC[C@@H]2C1CCN2c1ncnc2[nH]ccc12.O=C=O. The van der Waals surface area contributed by atoms with E-state index in [0.29, 0.717) is 6.61 Å². The summed E-state index contributed by atoms with van der Waals surface area (Å²) in [6, 6.07) is 12.6. The molecule has 0 radical (unpaired) electrons. The van der Waals surface area contributed by atoms with Crippen molar-refractivity contribution < 1.29 is 19.1 Å². The highest BCUT2D eigenvalue weighted by molar-refractivity contribution is 5.87. The van der Waals surface area contributed by atoms with E-state index in [1.165, 1.54) is 5.56 Å². The van der Waals surface area contributed by atoms with Crippen LogP contribution in [0.1, 0.15) is 24.8 Å². The van der Waals surface area contributed by atoms with Crippen molar-refractivity contribution in [1.29, 1.82) is 0 Å². The summed E-state index contributed by atoms with van der Waals surface area (Å²) in [5.41, 5.74) is 2.04. The van der Waals surface area contributed by atoms with Crippen LogP contribution in [0.2, 0.25) is 0 Å². The number of carbonyl (C=O) groups excluding carboxylic acids is 3. The van der Waals surface area contributed by atoms with Crippen molar-refractivity contribution in [2.24, 2.45) is 0 Å². The van der Waals surface area contributed by atoms with E-state index < -0.39 is 0 Å². The number of rotatable bonds is 4. The number of piperidine rings is 1. The maximum absolute atomic E-state index is 12.8. The Morgan fingerprint density at radius 1 is 1.09 bits per heavy atom. The number of aromatic nitrogens is 3. The molecule has 2 atom stereocenters. The molecule has 2 aromatic heterocycles. The fraction of sp³-hybridized carbons (Fsp3) is 0.391. The van der Waals surface area contributed by atoms with Gasteiger partial charge in [0.1, 0.15) is 17.8 Å². The van der Waals surface area contributed by atoms with Crippen LogP contribution < -0.4 is 4.90 Å². The summed E-state index contributed by atoms with van der Waals surface area (Å²) in [5, 5.41) is 1.04. The first-order valence-corrected chi connectivity index (χ1v) is 10.7. The van der Waals surface area contributed by atoms with Gasteiger partial charge >= 0.3 is 12.2 Å². The summed E-state index contributed by atoms with van der Waals surface area (Å²) in [4.78, 5) is 45.4. The molecule has 1 amide bonds. The summed E-state index contributed by atoms with van der Waals surface area (Å²) in [6.45, 7) is 2.07. The van der Waals surface area contributed by atoms with Gasteiger partial charge in [-0.2, -0.15) is 9.59 Å². The Balaban J connectivity index is 0.000000775. The number of hydrogen-bond donors (Lipinski definition) is 1. The summed E-state index contributed by atoms with van der Waals surface area (Å²) in [7, 11) is 0. The van der Waals surface area contributed by atoms with Gasteiger partial charge in [0.2, 0.25) is 0 Å². The first-order chi connectivity index (χ1) is 15.7. The molecule has 0 spiro atoms. The van der Waals surface area contributed by atoms with Crippen LogP contribution in [0.25, 0.3) is 11.0 Å². The molecule has 9 nitrogen and oxygen atoms in total. The van der Waals surface area contributed by atoms with Crippen LogP contribution in [0.15, 0.2) is 48.9 Å². The molecule has 1 unspecified atom stereocenters. The molecule has 2 saturated heterocycles. The predicted octanol–water partition coefficient (Wildman–Crippen LogP) is 2.80. The Labute approximate surface area is 185 Å². The Bertz CT molecular complexity index is 1080. The van der Waals surface area contributed by atoms with Crippen LogP contribution in [0.3, 0.4) is 0 Å². The molecule has 9 heteroatoms. The largest absolute Gasteiger partial charge is 0.449 e. The van der Waals surface area contributed by atoms with Gasteiger partial charge in [0.15, 0.2) is 0 Å². The molecular formula is C23H25N5O4. The van der Waals surface area contributed by atoms with Gasteiger partial charge in [-0.15, -0.1) is 0 Å². The lowest BCUT2D eigenvalue weighted by atomic mass is 9.97. The third kappa shape index (κ3) is 4.48. The maximum Gasteiger partial charge on any atom is 0.410 e. The molecule has 32 heavy (non-hydrogen) atoms. The van der Waals surface area contributed by atoms with E-state index in [4.69, 9.17) is 14.3 Å². The minimum Gasteiger partial charge on any atom is -0.449 e. The normalized spacial score (nSPS) is 19.6. The molecular weight excluding hydrogens is 410 g/mol. The molecule has 2 aliphatic rings. The van der Waals surface area contributed by atoms with Gasteiger partial charge in [0, 0.05) is 25.7 Å². The molecule has 1 aromatic carbocycles. The summed E-state index contributed by atoms with van der Waals surface area (Å²) in [6.07, 6.45) is 7.29. The summed E-state index contributed by atoms with van der Waals surface area (Å²) >= 11 is 0. The second kappa shape index (κ2) is 10.1. The van der Waals surface area contributed by atoms with E-state index >= 15 is 0 Å². The van der Waals surface area contributed by atoms with Crippen LogP contribution >= 0.6 is 0 Å². The van der Waals surface area contributed by atoms with Gasteiger partial charge < -0.3 is 19.5 Å². The number of fused-ring (bicyclic) bond motifs is 2. The number of aromatic amines is 1. The number of carbonyl (C=O) groups is 1. The van der Waals surface area contributed by atoms with Crippen molar-refractivity contribution in [3.63, 3.8) is 0 Å². The number of nitrogens with zero attached hydrogens (tertiary/aromatic N) is 4. The maximum atomic E-state index is 12.8. The number of hydrogen-bond acceptors (Lipinski definition) is 7. The second-order valence-electron chi connectivity index (χ2n) is 7.82. The van der Waals surface area contributed by atoms with Gasteiger partial charge in [-0.05, 0) is 30.9 Å². The lowest BCUT2D eigenvalue weighted by Gasteiger charge is -2.39. The van der Waals surface area contributed by atoms with E-state index in [9.17, 15) is 4.79 Å². The molecule has 1 N–H and O–H groups in total. The Morgan fingerprint density at radius 2 is 1.91 bits per heavy atom. The molecule has 166 valence electrons. The minimum atomic E-state index is -0.188. The van der Waals surface area contributed by atoms with Gasteiger partial charge in [0.05, 0.1) is 24.1 Å². The van der Waals surface area contributed by atoms with E-state index in [1.807, 2.05) is 35.4 Å². The third-order valence-electron chi connectivity index (χ3n) is 6.11. The van der Waals surface area contributed by atoms with Crippen LogP contribution in [-0.2, 0) is 20.7 Å². The average molecular weight is 435 g/mol. The highest BCUT2D eigenvalue weighted by atomic mass is 16.6. The zero-order valence-corrected chi connectivity index (χ0v) is 17.6. The first-order valence-electron chi connectivity index (χ1n) is 10.7. The molecule has 2 fully saturated rings. The molecule has 5 rings (SSSR count). The van der Waals surface area contributed by atoms with Crippen LogP contribution in [0.4, 0.5) is 10.6 Å². The number of amides is 1. The highest BCUT2D eigenvalue weighted by Gasteiger charge is 2.43. The number of likely N-dealkylation sites (tertiary alicyclic amines) is 1. The van der Waals surface area contributed by atoms with Crippen LogP contribution in [0, 0.1) is 0 Å². The second-order valence-corrected chi connectivity index (χ2v) is 7.82. The van der Waals surface area contributed by atoms with E-state index in [1.54, 1.807) is 6.33 Å². The quantitative estimate of drug-likeness (QED) is 0.671. The Hall–Kier alpha value is -3.71. The van der Waals surface area contributed by atoms with Crippen molar-refractivity contribution in [2.45, 2.75) is 37.8 Å². The fourth-order valence-electron chi connectivity index (χ4n) is 4.75. The van der Waals surface area contributed by atoms with Gasteiger partial charge in [-0.3, -0.25) is 0 Å². The average Bonchev–Trinajstić information content (AvgIpc) is 3.47. The van der Waals surface area contributed by atoms with Crippen molar-refractivity contribution in [3.8, 4) is 0 Å². The Morgan fingerprint density at radius 3 is 2.72 bits per heavy atom. The van der Waals surface area contributed by atoms with Gasteiger partial charge in [0.25, 0.3) is 0 Å². The van der Waals surface area contributed by atoms with Gasteiger partial charge in [-0.25, -0.2) is 14.8 Å². The minimum absolute atomic E-state index is 0.178. The van der Waals surface area contributed by atoms with Crippen LogP contribution in [-0.4, -0.2) is 63.9 Å². The van der Waals surface area contributed by atoms with Crippen molar-refractivity contribution >= 4 is 29.1 Å². The van der Waals surface area contributed by atoms with Crippen LogP contribution in [0.5, 0.6) is 0 Å². The predicted molar refractivity (Wildman–Crippen MR) is 116 cm³/mol. The number of ether oxygens (including phenoxy) is 1. The van der Waals surface area contributed by atoms with E-state index in [-0.39, 0.29) is 24.3 Å². The zero-order valence-electron chi connectivity index (χ0n) is 17.6. The zero-order chi connectivity index (χ0) is 22.3. The number of H-pyrrole nitrogens is 1. The number of anilines is 1. The molecule has 4 heterocycles. The summed E-state index contributed by atoms with van der Waals surface area (Å²) < 4.78 is 5.63. The highest BCUT2D eigenvalue weighted by Crippen LogP contribution is 2.36. The molecule has 0 bridgehead atoms. The molecule has 3 aromatic rings. The Kier molecular flexibility index (Phi) is 6.77. The lowest BCUT2D eigenvalue weighted by Crippen LogP contribution is -2.52. The topological polar surface area (TPSA) is 108 Å². The van der Waals surface area contributed by atoms with E-state index in [0.717, 1.165) is 55.6 Å².